The van der Waals surface area contributed by atoms with E-state index in [9.17, 15) is 22.8 Å². The van der Waals surface area contributed by atoms with E-state index >= 15 is 0 Å². The summed E-state index contributed by atoms with van der Waals surface area (Å²) in [6, 6.07) is 8.30. The number of hydrazine groups is 1. The van der Waals surface area contributed by atoms with Crippen LogP contribution in [0.3, 0.4) is 0 Å². The van der Waals surface area contributed by atoms with E-state index in [-0.39, 0.29) is 39.4 Å². The molecule has 34 heavy (non-hydrogen) atoms. The first kappa shape index (κ1) is 24.5. The molecule has 2 aliphatic rings. The number of nitrogens with one attached hydrogen (secondary N) is 1. The lowest BCUT2D eigenvalue weighted by Crippen LogP contribution is -2.42. The van der Waals surface area contributed by atoms with Gasteiger partial charge in [0.15, 0.2) is 5.78 Å². The van der Waals surface area contributed by atoms with Crippen LogP contribution < -0.4 is 5.43 Å². The molecule has 1 amide bonds. The van der Waals surface area contributed by atoms with Crippen molar-refractivity contribution in [1.82, 2.24) is 10.4 Å². The molecule has 1 N–H and O–H groups in total. The van der Waals surface area contributed by atoms with Crippen LogP contribution in [0.5, 0.6) is 0 Å². The molecule has 180 valence electrons. The van der Waals surface area contributed by atoms with Crippen molar-refractivity contribution < 1.29 is 27.6 Å². The summed E-state index contributed by atoms with van der Waals surface area (Å²) in [5.41, 5.74) is 1.07. The summed E-state index contributed by atoms with van der Waals surface area (Å²) in [6.45, 7) is 2.10. The van der Waals surface area contributed by atoms with Gasteiger partial charge in [-0.25, -0.2) is 5.01 Å². The van der Waals surface area contributed by atoms with Crippen LogP contribution >= 0.6 is 23.2 Å². The third kappa shape index (κ3) is 4.52. The van der Waals surface area contributed by atoms with Crippen molar-refractivity contribution in [2.45, 2.75) is 31.5 Å². The highest BCUT2D eigenvalue weighted by Crippen LogP contribution is 2.49. The van der Waals surface area contributed by atoms with Crippen LogP contribution in [0.25, 0.3) is 0 Å². The quantitative estimate of drug-likeness (QED) is 0.568. The summed E-state index contributed by atoms with van der Waals surface area (Å²) in [5, 5.41) is 5.46. The zero-order valence-electron chi connectivity index (χ0n) is 18.2. The van der Waals surface area contributed by atoms with Crippen LogP contribution in [0, 0.1) is 12.8 Å². The van der Waals surface area contributed by atoms with Crippen LogP contribution in [0.4, 0.5) is 13.2 Å². The van der Waals surface area contributed by atoms with E-state index in [1.165, 1.54) is 18.2 Å². The predicted octanol–water partition coefficient (Wildman–Crippen LogP) is 5.05. The molecule has 2 atom stereocenters. The van der Waals surface area contributed by atoms with Gasteiger partial charge in [-0.15, -0.1) is 0 Å². The Kier molecular flexibility index (Phi) is 6.39. The minimum Gasteiger partial charge on any atom is -0.374 e. The number of carbonyl (C=O) groups is 2. The maximum atomic E-state index is 14.2. The number of halogens is 5. The van der Waals surface area contributed by atoms with E-state index in [0.29, 0.717) is 23.2 Å². The number of alkyl halides is 3. The monoisotopic (exact) mass is 513 g/mol. The molecule has 4 rings (SSSR count). The first-order chi connectivity index (χ1) is 15.9. The van der Waals surface area contributed by atoms with E-state index in [0.717, 1.165) is 12.1 Å². The van der Waals surface area contributed by atoms with Gasteiger partial charge in [-0.2, -0.15) is 13.2 Å². The highest BCUT2D eigenvalue weighted by Gasteiger charge is 2.62. The number of nitrogens with zero attached hydrogens (tertiary/aromatic N) is 2. The molecule has 0 spiro atoms. The minimum atomic E-state index is -4.80. The fourth-order valence-corrected chi connectivity index (χ4v) is 4.76. The number of ketones is 1. The molecule has 2 aromatic rings. The van der Waals surface area contributed by atoms with E-state index in [2.05, 4.69) is 10.6 Å². The lowest BCUT2D eigenvalue weighted by atomic mass is 9.86. The molecule has 2 aliphatic heterocycles. The van der Waals surface area contributed by atoms with Crippen molar-refractivity contribution in [2.24, 2.45) is 11.1 Å². The van der Waals surface area contributed by atoms with Crippen molar-refractivity contribution in [1.29, 1.82) is 0 Å². The van der Waals surface area contributed by atoms with Gasteiger partial charge in [0, 0.05) is 47.6 Å². The second-order valence-corrected chi connectivity index (χ2v) is 9.37. The average Bonchev–Trinajstić information content (AvgIpc) is 3.31. The van der Waals surface area contributed by atoms with E-state index < -0.39 is 24.1 Å². The molecule has 2 heterocycles. The maximum absolute atomic E-state index is 14.2. The van der Waals surface area contributed by atoms with Crippen molar-refractivity contribution in [3.05, 3.63) is 68.7 Å². The van der Waals surface area contributed by atoms with Crippen molar-refractivity contribution in [3.8, 4) is 0 Å². The number of Topliss-reactive ketones (excluding diaryl/α,β-unsaturated/α-hetero) is 1. The van der Waals surface area contributed by atoms with E-state index in [1.807, 2.05) is 0 Å². The Morgan fingerprint density at radius 1 is 1.24 bits per heavy atom. The zero-order chi connectivity index (χ0) is 24.8. The van der Waals surface area contributed by atoms with Gasteiger partial charge in [-0.3, -0.25) is 15.0 Å². The third-order valence-electron chi connectivity index (χ3n) is 5.97. The second kappa shape index (κ2) is 8.87. The van der Waals surface area contributed by atoms with Crippen molar-refractivity contribution in [3.63, 3.8) is 0 Å². The molecule has 0 saturated carbocycles. The largest absolute Gasteiger partial charge is 0.435 e. The summed E-state index contributed by atoms with van der Waals surface area (Å²) < 4.78 is 42.6. The average molecular weight is 514 g/mol. The molecular formula is C23H20Cl2F3N3O3. The lowest BCUT2D eigenvalue weighted by molar-refractivity contribution is -0.275. The molecular weight excluding hydrogens is 494 g/mol. The Labute approximate surface area is 203 Å². The van der Waals surface area contributed by atoms with E-state index in [1.54, 1.807) is 25.0 Å². The fourth-order valence-electron chi connectivity index (χ4n) is 4.23. The lowest BCUT2D eigenvalue weighted by Gasteiger charge is -2.29. The van der Waals surface area contributed by atoms with Crippen LogP contribution in [-0.4, -0.2) is 42.2 Å². The molecule has 2 unspecified atom stereocenters. The van der Waals surface area contributed by atoms with Crippen molar-refractivity contribution >= 4 is 40.6 Å². The Morgan fingerprint density at radius 2 is 1.91 bits per heavy atom. The third-order valence-corrected chi connectivity index (χ3v) is 6.41. The Bertz CT molecular complexity index is 1180. The van der Waals surface area contributed by atoms with Crippen LogP contribution in [0.15, 0.2) is 41.6 Å². The molecule has 6 nitrogen and oxygen atoms in total. The van der Waals surface area contributed by atoms with Crippen molar-refractivity contribution in [2.75, 3.05) is 13.6 Å². The summed E-state index contributed by atoms with van der Waals surface area (Å²) in [7, 11) is 1.71. The predicted molar refractivity (Wildman–Crippen MR) is 121 cm³/mol. The van der Waals surface area contributed by atoms with Gasteiger partial charge in [-0.1, -0.05) is 40.5 Å². The molecule has 1 saturated heterocycles. The van der Waals surface area contributed by atoms with Gasteiger partial charge < -0.3 is 4.84 Å². The first-order valence-electron chi connectivity index (χ1n) is 10.3. The van der Waals surface area contributed by atoms with Gasteiger partial charge in [0.25, 0.3) is 5.60 Å². The molecule has 1 fully saturated rings. The van der Waals surface area contributed by atoms with Gasteiger partial charge in [-0.05, 0) is 42.3 Å². The zero-order valence-corrected chi connectivity index (χ0v) is 19.7. The number of rotatable bonds is 5. The van der Waals surface area contributed by atoms with Crippen LogP contribution in [-0.2, 0) is 15.2 Å². The molecule has 0 radical (unpaired) electrons. The highest BCUT2D eigenvalue weighted by atomic mass is 35.5. The number of benzene rings is 2. The normalized spacial score (nSPS) is 23.0. The number of amides is 1. The van der Waals surface area contributed by atoms with Crippen LogP contribution in [0.2, 0.25) is 10.0 Å². The van der Waals surface area contributed by atoms with Gasteiger partial charge >= 0.3 is 6.18 Å². The SMILES string of the molecule is Cc1cc(C2=NOC(c3cc(Cl)cc(Cl)c3)(C(F)(F)F)C2)ccc1C(=O)CC1CN(C)NC1=O. The number of carbonyl (C=O) groups excluding carboxylic acids is 2. The Morgan fingerprint density at radius 3 is 2.47 bits per heavy atom. The fraction of sp³-hybridized carbons (Fsp3) is 0.348. The van der Waals surface area contributed by atoms with E-state index in [4.69, 9.17) is 28.0 Å². The molecule has 0 aliphatic carbocycles. The number of aryl methyl sites for hydroxylation is 1. The van der Waals surface area contributed by atoms with Gasteiger partial charge in [0.1, 0.15) is 0 Å². The summed E-state index contributed by atoms with van der Waals surface area (Å²) in [6.07, 6.45) is -5.35. The molecule has 0 aromatic heterocycles. The number of hydrogen-bond donors (Lipinski definition) is 1. The smallest absolute Gasteiger partial charge is 0.374 e. The molecule has 2 aromatic carbocycles. The number of hydrogen-bond acceptors (Lipinski definition) is 5. The molecule has 0 bridgehead atoms. The molecule has 11 heteroatoms. The van der Waals surface area contributed by atoms with Gasteiger partial charge in [0.2, 0.25) is 5.91 Å². The highest BCUT2D eigenvalue weighted by molar-refractivity contribution is 6.34. The topological polar surface area (TPSA) is 71.0 Å². The first-order valence-corrected chi connectivity index (χ1v) is 11.1. The Balaban J connectivity index is 1.58. The minimum absolute atomic E-state index is 0.0348. The second-order valence-electron chi connectivity index (χ2n) is 8.50. The number of oxime groups is 1. The van der Waals surface area contributed by atoms with Crippen LogP contribution in [0.1, 0.15) is 39.9 Å². The maximum Gasteiger partial charge on any atom is 0.435 e. The summed E-state index contributed by atoms with van der Waals surface area (Å²) >= 11 is 11.9. The summed E-state index contributed by atoms with van der Waals surface area (Å²) in [4.78, 5) is 29.7. The summed E-state index contributed by atoms with van der Waals surface area (Å²) in [5.74, 6) is -0.893. The standard InChI is InChI=1S/C23H20Cl2F3N3O3/c1-12-5-13(3-4-18(12)20(32)6-14-11-31(2)29-21(14)33)19-10-22(34-30-19,23(26,27)28)15-7-16(24)9-17(25)8-15/h3-5,7-9,14H,6,10-11H2,1-2H3,(H,29,33). The Hall–Kier alpha value is -2.62. The van der Waals surface area contributed by atoms with Gasteiger partial charge in [0.05, 0.1) is 11.6 Å².